The molecule has 0 aromatic rings. The third-order valence-electron chi connectivity index (χ3n) is 3.31. The third kappa shape index (κ3) is 3.21. The number of carbonyl (C=O) groups is 1. The topological polar surface area (TPSA) is 23.6 Å². The van der Waals surface area contributed by atoms with Crippen molar-refractivity contribution in [2.24, 2.45) is 11.3 Å². The first-order valence-electron chi connectivity index (χ1n) is 6.47. The van der Waals surface area contributed by atoms with Crippen molar-refractivity contribution < 1.29 is 4.79 Å². The summed E-state index contributed by atoms with van der Waals surface area (Å²) in [4.78, 5) is 16.4. The summed E-state index contributed by atoms with van der Waals surface area (Å²) in [6.07, 6.45) is 2.25. The molecule has 0 spiro atoms. The predicted molar refractivity (Wildman–Crippen MR) is 65.2 cm³/mol. The summed E-state index contributed by atoms with van der Waals surface area (Å²) in [5, 5.41) is 0. The fourth-order valence-corrected chi connectivity index (χ4v) is 2.39. The highest BCUT2D eigenvalue weighted by Crippen LogP contribution is 2.31. The molecule has 0 atom stereocenters. The molecule has 92 valence electrons. The molecule has 1 amide bonds. The van der Waals surface area contributed by atoms with Crippen molar-refractivity contribution in [1.29, 1.82) is 0 Å². The van der Waals surface area contributed by atoms with Gasteiger partial charge in [-0.15, -0.1) is 0 Å². The van der Waals surface area contributed by atoms with Gasteiger partial charge in [-0.25, -0.2) is 0 Å². The van der Waals surface area contributed by atoms with Crippen molar-refractivity contribution in [2.75, 3.05) is 32.7 Å². The van der Waals surface area contributed by atoms with Crippen LogP contribution in [0.4, 0.5) is 0 Å². The maximum Gasteiger partial charge on any atom is 0.225 e. The summed E-state index contributed by atoms with van der Waals surface area (Å²) in [7, 11) is 0. The molecular formula is C13H24N2O. The van der Waals surface area contributed by atoms with E-state index in [0.717, 1.165) is 45.6 Å². The second-order valence-electron chi connectivity index (χ2n) is 6.44. The third-order valence-corrected chi connectivity index (χ3v) is 3.31. The molecule has 0 aromatic heterocycles. The number of piperazine rings is 1. The largest absolute Gasteiger partial charge is 0.340 e. The number of nitrogens with zero attached hydrogens (tertiary/aromatic N) is 2. The van der Waals surface area contributed by atoms with Gasteiger partial charge in [0, 0.05) is 38.6 Å². The number of carbonyl (C=O) groups excluding carboxylic acids is 1. The van der Waals surface area contributed by atoms with E-state index in [9.17, 15) is 4.79 Å². The Kier molecular flexibility index (Phi) is 3.24. The van der Waals surface area contributed by atoms with Crippen LogP contribution in [0.15, 0.2) is 0 Å². The first kappa shape index (κ1) is 11.9. The molecule has 0 unspecified atom stereocenters. The maximum absolute atomic E-state index is 11.9. The summed E-state index contributed by atoms with van der Waals surface area (Å²) in [5.74, 6) is 0.796. The Balaban J connectivity index is 1.75. The lowest BCUT2D eigenvalue weighted by Gasteiger charge is -2.37. The normalized spacial score (nSPS) is 23.6. The van der Waals surface area contributed by atoms with E-state index in [-0.39, 0.29) is 0 Å². The highest BCUT2D eigenvalue weighted by Gasteiger charge is 2.34. The van der Waals surface area contributed by atoms with Crippen molar-refractivity contribution in [3.05, 3.63) is 0 Å². The van der Waals surface area contributed by atoms with E-state index in [2.05, 4.69) is 30.6 Å². The number of hydrogen-bond acceptors (Lipinski definition) is 2. The van der Waals surface area contributed by atoms with Crippen LogP contribution in [-0.4, -0.2) is 48.4 Å². The van der Waals surface area contributed by atoms with Crippen molar-refractivity contribution in [1.82, 2.24) is 9.80 Å². The summed E-state index contributed by atoms with van der Waals surface area (Å²) in [6.45, 7) is 11.9. The Labute approximate surface area is 98.8 Å². The highest BCUT2D eigenvalue weighted by molar-refractivity contribution is 5.81. The molecule has 0 bridgehead atoms. The van der Waals surface area contributed by atoms with Gasteiger partial charge in [-0.1, -0.05) is 20.8 Å². The molecule has 0 radical (unpaired) electrons. The summed E-state index contributed by atoms with van der Waals surface area (Å²) in [6, 6.07) is 0. The molecule has 1 saturated heterocycles. The van der Waals surface area contributed by atoms with E-state index in [1.807, 2.05) is 0 Å². The summed E-state index contributed by atoms with van der Waals surface area (Å²) >= 11 is 0. The number of rotatable bonds is 2. The van der Waals surface area contributed by atoms with E-state index >= 15 is 0 Å². The Bertz CT molecular complexity index is 258. The van der Waals surface area contributed by atoms with E-state index in [0.29, 0.717) is 17.2 Å². The van der Waals surface area contributed by atoms with Crippen LogP contribution in [0.2, 0.25) is 0 Å². The molecule has 16 heavy (non-hydrogen) atoms. The highest BCUT2D eigenvalue weighted by atomic mass is 16.2. The standard InChI is InChI=1S/C13H24N2O/c1-13(2,3)10-14-6-8-15(9-7-14)12(16)11-4-5-11/h11H,4-10H2,1-3H3. The van der Waals surface area contributed by atoms with Crippen molar-refractivity contribution in [3.8, 4) is 0 Å². The number of hydrogen-bond donors (Lipinski definition) is 0. The fourth-order valence-electron chi connectivity index (χ4n) is 2.39. The van der Waals surface area contributed by atoms with Crippen LogP contribution >= 0.6 is 0 Å². The molecule has 1 aliphatic carbocycles. The zero-order valence-corrected chi connectivity index (χ0v) is 10.8. The minimum absolute atomic E-state index is 0.364. The van der Waals surface area contributed by atoms with Gasteiger partial charge in [0.1, 0.15) is 0 Å². The van der Waals surface area contributed by atoms with Crippen LogP contribution in [0.3, 0.4) is 0 Å². The van der Waals surface area contributed by atoms with E-state index in [1.165, 1.54) is 0 Å². The van der Waals surface area contributed by atoms with Crippen LogP contribution in [0, 0.1) is 11.3 Å². The lowest BCUT2D eigenvalue weighted by molar-refractivity contribution is -0.134. The van der Waals surface area contributed by atoms with Crippen molar-refractivity contribution in [2.45, 2.75) is 33.6 Å². The predicted octanol–water partition coefficient (Wildman–Crippen LogP) is 1.59. The van der Waals surface area contributed by atoms with Gasteiger partial charge >= 0.3 is 0 Å². The minimum atomic E-state index is 0.364. The molecule has 0 N–H and O–H groups in total. The lowest BCUT2D eigenvalue weighted by Crippen LogP contribution is -2.50. The Morgan fingerprint density at radius 2 is 1.69 bits per heavy atom. The summed E-state index contributed by atoms with van der Waals surface area (Å²) in [5.41, 5.74) is 0.364. The number of amides is 1. The first-order valence-corrected chi connectivity index (χ1v) is 6.47. The zero-order chi connectivity index (χ0) is 11.8. The molecule has 2 aliphatic rings. The van der Waals surface area contributed by atoms with Gasteiger partial charge in [0.05, 0.1) is 0 Å². The first-order chi connectivity index (χ1) is 7.46. The molecule has 1 saturated carbocycles. The van der Waals surface area contributed by atoms with Gasteiger partial charge in [-0.3, -0.25) is 9.69 Å². The van der Waals surface area contributed by atoms with E-state index < -0.39 is 0 Å². The molecule has 1 heterocycles. The van der Waals surface area contributed by atoms with Gasteiger partial charge in [-0.2, -0.15) is 0 Å². The minimum Gasteiger partial charge on any atom is -0.340 e. The Morgan fingerprint density at radius 3 is 2.12 bits per heavy atom. The lowest BCUT2D eigenvalue weighted by atomic mass is 9.96. The van der Waals surface area contributed by atoms with Gasteiger partial charge < -0.3 is 4.90 Å². The van der Waals surface area contributed by atoms with Crippen LogP contribution in [-0.2, 0) is 4.79 Å². The second-order valence-corrected chi connectivity index (χ2v) is 6.44. The Hall–Kier alpha value is -0.570. The average molecular weight is 224 g/mol. The zero-order valence-electron chi connectivity index (χ0n) is 10.8. The van der Waals surface area contributed by atoms with Crippen LogP contribution in [0.25, 0.3) is 0 Å². The molecule has 1 aliphatic heterocycles. The fraction of sp³-hybridized carbons (Fsp3) is 0.923. The van der Waals surface area contributed by atoms with Crippen LogP contribution in [0.5, 0.6) is 0 Å². The van der Waals surface area contributed by atoms with Crippen molar-refractivity contribution >= 4 is 5.91 Å². The SMILES string of the molecule is CC(C)(C)CN1CCN(C(=O)C2CC2)CC1. The summed E-state index contributed by atoms with van der Waals surface area (Å²) < 4.78 is 0. The van der Waals surface area contributed by atoms with E-state index in [1.54, 1.807) is 0 Å². The Morgan fingerprint density at radius 1 is 1.12 bits per heavy atom. The molecule has 3 nitrogen and oxygen atoms in total. The van der Waals surface area contributed by atoms with Gasteiger partial charge in [-0.05, 0) is 18.3 Å². The molecule has 0 aromatic carbocycles. The quantitative estimate of drug-likeness (QED) is 0.711. The maximum atomic E-state index is 11.9. The smallest absolute Gasteiger partial charge is 0.225 e. The average Bonchev–Trinajstić information content (AvgIpc) is 2.98. The van der Waals surface area contributed by atoms with Crippen LogP contribution < -0.4 is 0 Å². The van der Waals surface area contributed by atoms with Gasteiger partial charge in [0.25, 0.3) is 0 Å². The van der Waals surface area contributed by atoms with Gasteiger partial charge in [0.2, 0.25) is 5.91 Å². The van der Waals surface area contributed by atoms with Crippen molar-refractivity contribution in [3.63, 3.8) is 0 Å². The second kappa shape index (κ2) is 4.36. The molecule has 2 fully saturated rings. The molecule has 2 rings (SSSR count). The molecule has 3 heteroatoms. The molecular weight excluding hydrogens is 200 g/mol. The monoisotopic (exact) mass is 224 g/mol. The van der Waals surface area contributed by atoms with E-state index in [4.69, 9.17) is 0 Å². The van der Waals surface area contributed by atoms with Crippen LogP contribution in [0.1, 0.15) is 33.6 Å². The van der Waals surface area contributed by atoms with Gasteiger partial charge in [0.15, 0.2) is 0 Å².